The highest BCUT2D eigenvalue weighted by atomic mass is 32.1. The summed E-state index contributed by atoms with van der Waals surface area (Å²) in [5, 5.41) is 0. The van der Waals surface area contributed by atoms with Gasteiger partial charge in [0.2, 0.25) is 5.88 Å². The Hall–Kier alpha value is -0.700. The van der Waals surface area contributed by atoms with E-state index in [9.17, 15) is 0 Å². The van der Waals surface area contributed by atoms with Crippen LogP contribution in [0, 0.1) is 0 Å². The van der Waals surface area contributed by atoms with E-state index >= 15 is 0 Å². The molecule has 1 aromatic heterocycles. The summed E-state index contributed by atoms with van der Waals surface area (Å²) < 4.78 is 5.01. The predicted molar refractivity (Wildman–Crippen MR) is 52.1 cm³/mol. The van der Waals surface area contributed by atoms with Crippen LogP contribution in [0.2, 0.25) is 0 Å². The van der Waals surface area contributed by atoms with Crippen LogP contribution in [-0.4, -0.2) is 12.1 Å². The topological polar surface area (TPSA) is 22.1 Å². The molecule has 0 saturated heterocycles. The lowest BCUT2D eigenvalue weighted by Crippen LogP contribution is -1.96. The average Bonchev–Trinajstić information content (AvgIpc) is 2.05. The maximum absolute atomic E-state index is 5.01. The first-order valence-corrected chi connectivity index (χ1v) is 4.33. The number of hydrogen-bond acceptors (Lipinski definition) is 3. The molecule has 0 unspecified atom stereocenters. The zero-order valence-corrected chi connectivity index (χ0v) is 8.43. The summed E-state index contributed by atoms with van der Waals surface area (Å²) in [5.41, 5.74) is 0.984. The summed E-state index contributed by atoms with van der Waals surface area (Å²) in [7, 11) is 1.62. The third-order valence-electron chi connectivity index (χ3n) is 1.63. The highest BCUT2D eigenvalue weighted by Gasteiger charge is 2.06. The lowest BCUT2D eigenvalue weighted by atomic mass is 10.1. The molecule has 0 radical (unpaired) electrons. The maximum atomic E-state index is 5.01. The van der Waals surface area contributed by atoms with Crippen molar-refractivity contribution in [3.8, 4) is 5.88 Å². The van der Waals surface area contributed by atoms with Crippen molar-refractivity contribution in [2.24, 2.45) is 0 Å². The van der Waals surface area contributed by atoms with Crippen LogP contribution in [0.15, 0.2) is 17.0 Å². The van der Waals surface area contributed by atoms with Gasteiger partial charge in [-0.15, -0.1) is 12.6 Å². The van der Waals surface area contributed by atoms with Crippen molar-refractivity contribution >= 4 is 12.6 Å². The van der Waals surface area contributed by atoms with Crippen LogP contribution >= 0.6 is 12.6 Å². The average molecular weight is 183 g/mol. The molecular formula is C9H13NOS. The van der Waals surface area contributed by atoms with E-state index in [1.54, 1.807) is 7.11 Å². The number of ether oxygens (including phenoxy) is 1. The minimum atomic E-state index is 0.382. The molecule has 0 amide bonds. The Balaban J connectivity index is 3.08. The van der Waals surface area contributed by atoms with E-state index < -0.39 is 0 Å². The summed E-state index contributed by atoms with van der Waals surface area (Å²) in [6.45, 7) is 4.17. The molecule has 0 saturated carbocycles. The molecule has 0 spiro atoms. The summed E-state index contributed by atoms with van der Waals surface area (Å²) in [6.07, 6.45) is 0. The fourth-order valence-corrected chi connectivity index (χ4v) is 1.37. The van der Waals surface area contributed by atoms with Gasteiger partial charge in [-0.05, 0) is 12.0 Å². The van der Waals surface area contributed by atoms with Crippen molar-refractivity contribution in [1.82, 2.24) is 4.98 Å². The minimum absolute atomic E-state index is 0.382. The summed E-state index contributed by atoms with van der Waals surface area (Å²) in [4.78, 5) is 5.21. The maximum Gasteiger partial charge on any atom is 0.213 e. The molecular weight excluding hydrogens is 170 g/mol. The SMILES string of the molecule is COc1ccc(S)c(C(C)C)n1. The van der Waals surface area contributed by atoms with Crippen LogP contribution in [0.4, 0.5) is 0 Å². The molecule has 0 aliphatic carbocycles. The van der Waals surface area contributed by atoms with Gasteiger partial charge in [0.15, 0.2) is 0 Å². The number of thiol groups is 1. The molecule has 0 aromatic carbocycles. The van der Waals surface area contributed by atoms with E-state index in [2.05, 4.69) is 31.5 Å². The third-order valence-corrected chi connectivity index (χ3v) is 2.01. The Morgan fingerprint density at radius 1 is 1.42 bits per heavy atom. The number of pyridine rings is 1. The van der Waals surface area contributed by atoms with Gasteiger partial charge in [-0.1, -0.05) is 13.8 Å². The zero-order chi connectivity index (χ0) is 9.14. The van der Waals surface area contributed by atoms with Gasteiger partial charge in [-0.25, -0.2) is 4.98 Å². The second kappa shape index (κ2) is 3.81. The minimum Gasteiger partial charge on any atom is -0.481 e. The molecule has 0 N–H and O–H groups in total. The molecule has 3 heteroatoms. The molecule has 2 nitrogen and oxygen atoms in total. The van der Waals surface area contributed by atoms with Gasteiger partial charge >= 0.3 is 0 Å². The van der Waals surface area contributed by atoms with Gasteiger partial charge in [0.1, 0.15) is 0 Å². The van der Waals surface area contributed by atoms with Crippen LogP contribution in [0.1, 0.15) is 25.5 Å². The van der Waals surface area contributed by atoms with E-state index in [1.807, 2.05) is 12.1 Å². The van der Waals surface area contributed by atoms with Crippen LogP contribution in [0.5, 0.6) is 5.88 Å². The van der Waals surface area contributed by atoms with Gasteiger partial charge in [0.05, 0.1) is 12.8 Å². The Morgan fingerprint density at radius 2 is 2.08 bits per heavy atom. The molecule has 0 aliphatic heterocycles. The Kier molecular flexibility index (Phi) is 2.98. The van der Waals surface area contributed by atoms with Crippen molar-refractivity contribution in [3.63, 3.8) is 0 Å². The molecule has 0 fully saturated rings. The lowest BCUT2D eigenvalue weighted by Gasteiger charge is -2.08. The predicted octanol–water partition coefficient (Wildman–Crippen LogP) is 2.50. The number of aromatic nitrogens is 1. The van der Waals surface area contributed by atoms with E-state index in [0.29, 0.717) is 11.8 Å². The smallest absolute Gasteiger partial charge is 0.213 e. The van der Waals surface area contributed by atoms with Gasteiger partial charge < -0.3 is 4.74 Å². The van der Waals surface area contributed by atoms with Crippen molar-refractivity contribution in [2.75, 3.05) is 7.11 Å². The molecule has 66 valence electrons. The van der Waals surface area contributed by atoms with Crippen LogP contribution in [0.3, 0.4) is 0 Å². The van der Waals surface area contributed by atoms with Crippen molar-refractivity contribution in [3.05, 3.63) is 17.8 Å². The van der Waals surface area contributed by atoms with E-state index in [1.165, 1.54) is 0 Å². The standard InChI is InChI=1S/C9H13NOS/c1-6(2)9-7(12)4-5-8(10-9)11-3/h4-6,12H,1-3H3. The van der Waals surface area contributed by atoms with Crippen LogP contribution < -0.4 is 4.74 Å². The van der Waals surface area contributed by atoms with E-state index in [-0.39, 0.29) is 0 Å². The first-order valence-electron chi connectivity index (χ1n) is 3.89. The fourth-order valence-electron chi connectivity index (χ4n) is 0.987. The monoisotopic (exact) mass is 183 g/mol. The summed E-state index contributed by atoms with van der Waals surface area (Å²) in [5.74, 6) is 1.03. The number of nitrogens with zero attached hydrogens (tertiary/aromatic N) is 1. The first kappa shape index (κ1) is 9.39. The fraction of sp³-hybridized carbons (Fsp3) is 0.444. The molecule has 1 aromatic rings. The largest absolute Gasteiger partial charge is 0.481 e. The normalized spacial score (nSPS) is 10.4. The zero-order valence-electron chi connectivity index (χ0n) is 7.53. The molecule has 0 atom stereocenters. The van der Waals surface area contributed by atoms with Crippen LogP contribution in [0.25, 0.3) is 0 Å². The van der Waals surface area contributed by atoms with Gasteiger partial charge in [-0.2, -0.15) is 0 Å². The second-order valence-electron chi connectivity index (χ2n) is 2.91. The third kappa shape index (κ3) is 1.91. The number of methoxy groups -OCH3 is 1. The van der Waals surface area contributed by atoms with Gasteiger partial charge in [0, 0.05) is 11.0 Å². The molecule has 1 heterocycles. The van der Waals surface area contributed by atoms with E-state index in [4.69, 9.17) is 4.74 Å². The van der Waals surface area contributed by atoms with Crippen molar-refractivity contribution in [1.29, 1.82) is 0 Å². The number of rotatable bonds is 2. The van der Waals surface area contributed by atoms with Crippen molar-refractivity contribution in [2.45, 2.75) is 24.7 Å². The highest BCUT2D eigenvalue weighted by Crippen LogP contribution is 2.22. The Bertz CT molecular complexity index is 273. The Morgan fingerprint density at radius 3 is 2.58 bits per heavy atom. The van der Waals surface area contributed by atoms with E-state index in [0.717, 1.165) is 10.6 Å². The highest BCUT2D eigenvalue weighted by molar-refractivity contribution is 7.80. The Labute approximate surface area is 78.4 Å². The summed E-state index contributed by atoms with van der Waals surface area (Å²) in [6, 6.07) is 3.72. The summed E-state index contributed by atoms with van der Waals surface area (Å²) >= 11 is 4.31. The molecule has 1 rings (SSSR count). The second-order valence-corrected chi connectivity index (χ2v) is 3.39. The molecule has 0 aliphatic rings. The molecule has 12 heavy (non-hydrogen) atoms. The lowest BCUT2D eigenvalue weighted by molar-refractivity contribution is 0.394. The quantitative estimate of drug-likeness (QED) is 0.712. The van der Waals surface area contributed by atoms with Crippen molar-refractivity contribution < 1.29 is 4.74 Å². The van der Waals surface area contributed by atoms with Crippen LogP contribution in [-0.2, 0) is 0 Å². The first-order chi connectivity index (χ1) is 5.65. The van der Waals surface area contributed by atoms with Gasteiger partial charge in [0.25, 0.3) is 0 Å². The number of hydrogen-bond donors (Lipinski definition) is 1. The molecule has 0 bridgehead atoms. The van der Waals surface area contributed by atoms with Gasteiger partial charge in [-0.3, -0.25) is 0 Å².